The largest absolute Gasteiger partial charge is 0.492 e. The zero-order chi connectivity index (χ0) is 26.4. The monoisotopic (exact) mass is 512 g/mol. The standard InChI is InChI=1S/C27H30F2N4O4/c1-19-3-8-24(23(28)15-19)37-13-9-25(34)31-21-16-30-33(17-21)18-26(35)32(2)12-14-36-22-6-4-20(5-7-22)27(29)10-11-27/h3-8,15-17H,9-14,18H2,1-2H3,(H,31,34). The summed E-state index contributed by atoms with van der Waals surface area (Å²) in [5.41, 5.74) is 0.727. The van der Waals surface area contributed by atoms with E-state index in [4.69, 9.17) is 9.47 Å². The maximum absolute atomic E-state index is 14.1. The van der Waals surface area contributed by atoms with Crippen molar-refractivity contribution in [1.82, 2.24) is 14.7 Å². The minimum atomic E-state index is -1.17. The van der Waals surface area contributed by atoms with E-state index in [9.17, 15) is 18.4 Å². The normalized spacial score (nSPS) is 13.6. The molecule has 1 N–H and O–H groups in total. The lowest BCUT2D eigenvalue weighted by Gasteiger charge is -2.17. The Morgan fingerprint density at radius 3 is 2.59 bits per heavy atom. The van der Waals surface area contributed by atoms with E-state index in [1.165, 1.54) is 27.9 Å². The van der Waals surface area contributed by atoms with Crippen molar-refractivity contribution in [2.24, 2.45) is 0 Å². The van der Waals surface area contributed by atoms with Crippen molar-refractivity contribution in [2.45, 2.75) is 38.4 Å². The number of hydrogen-bond donors (Lipinski definition) is 1. The van der Waals surface area contributed by atoms with Crippen molar-refractivity contribution < 1.29 is 27.8 Å². The van der Waals surface area contributed by atoms with Crippen molar-refractivity contribution in [3.8, 4) is 11.5 Å². The van der Waals surface area contributed by atoms with Gasteiger partial charge in [-0.05, 0) is 55.2 Å². The first-order chi connectivity index (χ1) is 17.7. The Labute approximate surface area is 214 Å². The van der Waals surface area contributed by atoms with E-state index in [0.717, 1.165) is 5.56 Å². The molecule has 3 aromatic rings. The maximum Gasteiger partial charge on any atom is 0.244 e. The number of rotatable bonds is 12. The molecule has 1 aromatic heterocycles. The number of amides is 2. The van der Waals surface area contributed by atoms with Crippen LogP contribution in [-0.4, -0.2) is 53.3 Å². The number of halogens is 2. The molecule has 0 saturated heterocycles. The minimum Gasteiger partial charge on any atom is -0.492 e. The zero-order valence-electron chi connectivity index (χ0n) is 20.9. The number of carbonyl (C=O) groups excluding carboxylic acids is 2. The number of nitrogens with one attached hydrogen (secondary N) is 1. The Hall–Kier alpha value is -3.95. The number of nitrogens with zero attached hydrogens (tertiary/aromatic N) is 3. The van der Waals surface area contributed by atoms with Gasteiger partial charge in [-0.15, -0.1) is 0 Å². The number of ether oxygens (including phenoxy) is 2. The third-order valence-corrected chi connectivity index (χ3v) is 6.07. The van der Waals surface area contributed by atoms with Crippen molar-refractivity contribution >= 4 is 17.5 Å². The number of aryl methyl sites for hydroxylation is 1. The van der Waals surface area contributed by atoms with Crippen LogP contribution in [0.15, 0.2) is 54.9 Å². The Balaban J connectivity index is 1.15. The fourth-order valence-electron chi connectivity index (χ4n) is 3.65. The highest BCUT2D eigenvalue weighted by atomic mass is 19.1. The molecule has 0 spiro atoms. The van der Waals surface area contributed by atoms with Gasteiger partial charge in [0.25, 0.3) is 0 Å². The second-order valence-corrected chi connectivity index (χ2v) is 9.16. The quantitative estimate of drug-likeness (QED) is 0.393. The number of benzene rings is 2. The molecule has 0 bridgehead atoms. The average Bonchev–Trinajstić information content (AvgIpc) is 3.47. The fraction of sp³-hybridized carbons (Fsp3) is 0.370. The van der Waals surface area contributed by atoms with E-state index in [2.05, 4.69) is 10.4 Å². The van der Waals surface area contributed by atoms with Crippen LogP contribution in [-0.2, 0) is 21.8 Å². The van der Waals surface area contributed by atoms with Gasteiger partial charge in [-0.3, -0.25) is 14.3 Å². The van der Waals surface area contributed by atoms with E-state index in [1.54, 1.807) is 50.5 Å². The molecule has 1 heterocycles. The second kappa shape index (κ2) is 11.4. The number of aromatic nitrogens is 2. The van der Waals surface area contributed by atoms with Crippen LogP contribution in [0.1, 0.15) is 30.4 Å². The zero-order valence-corrected chi connectivity index (χ0v) is 20.9. The summed E-state index contributed by atoms with van der Waals surface area (Å²) in [4.78, 5) is 26.2. The summed E-state index contributed by atoms with van der Waals surface area (Å²) in [6, 6.07) is 11.6. The van der Waals surface area contributed by atoms with Gasteiger partial charge in [0.15, 0.2) is 11.6 Å². The van der Waals surface area contributed by atoms with Crippen LogP contribution in [0, 0.1) is 12.7 Å². The summed E-state index contributed by atoms with van der Waals surface area (Å²) in [6.45, 7) is 2.44. The highest BCUT2D eigenvalue weighted by molar-refractivity contribution is 5.90. The molecule has 2 amide bonds. The van der Waals surface area contributed by atoms with Gasteiger partial charge in [0.2, 0.25) is 11.8 Å². The molecule has 196 valence electrons. The van der Waals surface area contributed by atoms with Gasteiger partial charge >= 0.3 is 0 Å². The molecule has 8 nitrogen and oxygen atoms in total. The molecule has 10 heteroatoms. The molecule has 4 rings (SSSR count). The van der Waals surface area contributed by atoms with Gasteiger partial charge in [-0.2, -0.15) is 5.10 Å². The molecule has 1 fully saturated rings. The number of likely N-dealkylation sites (N-methyl/N-ethyl adjacent to an activating group) is 1. The molecular formula is C27H30F2N4O4. The van der Waals surface area contributed by atoms with E-state index in [-0.39, 0.29) is 43.7 Å². The first-order valence-electron chi connectivity index (χ1n) is 12.1. The van der Waals surface area contributed by atoms with Crippen LogP contribution in [0.5, 0.6) is 11.5 Å². The molecule has 0 unspecified atom stereocenters. The lowest BCUT2D eigenvalue weighted by Crippen LogP contribution is -2.33. The number of carbonyl (C=O) groups is 2. The first kappa shape index (κ1) is 26.1. The molecular weight excluding hydrogens is 482 g/mol. The van der Waals surface area contributed by atoms with Gasteiger partial charge < -0.3 is 19.7 Å². The lowest BCUT2D eigenvalue weighted by atomic mass is 10.1. The van der Waals surface area contributed by atoms with Crippen molar-refractivity contribution in [3.05, 3.63) is 71.8 Å². The summed E-state index contributed by atoms with van der Waals surface area (Å²) in [5, 5.41) is 6.79. The Kier molecular flexibility index (Phi) is 8.05. The van der Waals surface area contributed by atoms with Crippen LogP contribution in [0.4, 0.5) is 14.5 Å². The Morgan fingerprint density at radius 2 is 1.89 bits per heavy atom. The molecule has 1 aliphatic carbocycles. The highest BCUT2D eigenvalue weighted by Gasteiger charge is 2.44. The summed E-state index contributed by atoms with van der Waals surface area (Å²) in [6.07, 6.45) is 4.16. The molecule has 0 radical (unpaired) electrons. The summed E-state index contributed by atoms with van der Waals surface area (Å²) in [7, 11) is 1.66. The second-order valence-electron chi connectivity index (χ2n) is 9.16. The third kappa shape index (κ3) is 7.28. The predicted molar refractivity (Wildman–Crippen MR) is 134 cm³/mol. The SMILES string of the molecule is Cc1ccc(OCCC(=O)Nc2cnn(CC(=O)N(C)CCOc3ccc(C4(F)CC4)cc3)c2)c(F)c1. The first-order valence-corrected chi connectivity index (χ1v) is 12.1. The van der Waals surface area contributed by atoms with E-state index >= 15 is 0 Å². The summed E-state index contributed by atoms with van der Waals surface area (Å²) >= 11 is 0. The molecule has 2 aromatic carbocycles. The van der Waals surface area contributed by atoms with Gasteiger partial charge in [0.1, 0.15) is 24.6 Å². The smallest absolute Gasteiger partial charge is 0.244 e. The predicted octanol–water partition coefficient (Wildman–Crippen LogP) is 4.23. The summed E-state index contributed by atoms with van der Waals surface area (Å²) in [5.74, 6) is -0.251. The van der Waals surface area contributed by atoms with Crippen LogP contribution in [0.2, 0.25) is 0 Å². The van der Waals surface area contributed by atoms with Crippen molar-refractivity contribution in [3.63, 3.8) is 0 Å². The topological polar surface area (TPSA) is 85.7 Å². The molecule has 1 saturated carbocycles. The maximum atomic E-state index is 14.1. The molecule has 37 heavy (non-hydrogen) atoms. The van der Waals surface area contributed by atoms with Crippen molar-refractivity contribution in [2.75, 3.05) is 32.1 Å². The van der Waals surface area contributed by atoms with Gasteiger partial charge in [0, 0.05) is 13.2 Å². The molecule has 0 aliphatic heterocycles. The van der Waals surface area contributed by atoms with E-state index in [0.29, 0.717) is 36.4 Å². The van der Waals surface area contributed by atoms with Crippen LogP contribution >= 0.6 is 0 Å². The van der Waals surface area contributed by atoms with Crippen LogP contribution in [0.25, 0.3) is 0 Å². The Morgan fingerprint density at radius 1 is 1.14 bits per heavy atom. The average molecular weight is 513 g/mol. The molecule has 1 aliphatic rings. The van der Waals surface area contributed by atoms with Crippen LogP contribution < -0.4 is 14.8 Å². The van der Waals surface area contributed by atoms with Crippen molar-refractivity contribution in [1.29, 1.82) is 0 Å². The number of alkyl halides is 1. The van der Waals surface area contributed by atoms with Crippen LogP contribution in [0.3, 0.4) is 0 Å². The highest BCUT2D eigenvalue weighted by Crippen LogP contribution is 2.49. The fourth-order valence-corrected chi connectivity index (χ4v) is 3.65. The Bertz CT molecular complexity index is 1240. The van der Waals surface area contributed by atoms with Gasteiger partial charge in [-0.25, -0.2) is 8.78 Å². The number of anilines is 1. The third-order valence-electron chi connectivity index (χ3n) is 6.07. The number of hydrogen-bond acceptors (Lipinski definition) is 5. The van der Waals surface area contributed by atoms with E-state index < -0.39 is 11.5 Å². The van der Waals surface area contributed by atoms with E-state index in [1.807, 2.05) is 0 Å². The summed E-state index contributed by atoms with van der Waals surface area (Å²) < 4.78 is 40.3. The van der Waals surface area contributed by atoms with Gasteiger partial charge in [-0.1, -0.05) is 18.2 Å². The minimum absolute atomic E-state index is 0.00450. The molecule has 0 atom stereocenters. The lowest BCUT2D eigenvalue weighted by molar-refractivity contribution is -0.131. The van der Waals surface area contributed by atoms with Gasteiger partial charge in [0.05, 0.1) is 31.5 Å².